The Balaban J connectivity index is 3.18. The minimum atomic E-state index is -4.59. The minimum Gasteiger partial charge on any atom is -0.298 e. The van der Waals surface area contributed by atoms with E-state index in [1.807, 2.05) is 0 Å². The van der Waals surface area contributed by atoms with E-state index in [-0.39, 0.29) is 11.8 Å². The molecule has 1 rings (SSSR count). The zero-order valence-electron chi connectivity index (χ0n) is 7.44. The van der Waals surface area contributed by atoms with Gasteiger partial charge >= 0.3 is 6.18 Å². The van der Waals surface area contributed by atoms with Gasteiger partial charge in [0.25, 0.3) is 0 Å². The molecule has 0 radical (unpaired) electrons. The summed E-state index contributed by atoms with van der Waals surface area (Å²) in [6.07, 6.45) is -4.43. The second-order valence-electron chi connectivity index (χ2n) is 2.83. The van der Waals surface area contributed by atoms with Crippen LogP contribution in [-0.2, 0) is 0 Å². The second-order valence-corrected chi connectivity index (χ2v) is 2.83. The smallest absolute Gasteiger partial charge is 0.298 e. The van der Waals surface area contributed by atoms with Gasteiger partial charge in [-0.1, -0.05) is 12.6 Å². The van der Waals surface area contributed by atoms with Gasteiger partial charge in [0.05, 0.1) is 11.1 Å². The first-order chi connectivity index (χ1) is 6.86. The maximum absolute atomic E-state index is 12.8. The number of aldehydes is 1. The Kier molecular flexibility index (Phi) is 2.93. The predicted molar refractivity (Wildman–Crippen MR) is 46.9 cm³/mol. The van der Waals surface area contributed by atoms with Crippen molar-refractivity contribution in [1.82, 2.24) is 0 Å². The van der Waals surface area contributed by atoms with Crippen molar-refractivity contribution in [1.29, 1.82) is 0 Å². The van der Waals surface area contributed by atoms with Crippen molar-refractivity contribution in [3.8, 4) is 0 Å². The molecule has 0 saturated carbocycles. The molecule has 5 heteroatoms. The predicted octanol–water partition coefficient (Wildman–Crippen LogP) is 3.21. The zero-order chi connectivity index (χ0) is 11.6. The number of carbonyl (C=O) groups excluding carboxylic acids is 1. The Labute approximate surface area is 83.0 Å². The number of hydrogen-bond donors (Lipinski definition) is 0. The van der Waals surface area contributed by atoms with Gasteiger partial charge in [0.15, 0.2) is 6.29 Å². The molecule has 0 N–H and O–H groups in total. The third kappa shape index (κ3) is 2.43. The summed E-state index contributed by atoms with van der Waals surface area (Å²) < 4.78 is 49.4. The molecule has 0 aliphatic heterocycles. The number of benzene rings is 1. The average molecular weight is 218 g/mol. The van der Waals surface area contributed by atoms with Crippen molar-refractivity contribution in [2.75, 3.05) is 0 Å². The number of alkyl halides is 3. The standard InChI is InChI=1S/C10H6F4O/c1-6(10(12,13)14)7-2-3-9(11)8(4-7)5-15/h2-5H,1H2. The van der Waals surface area contributed by atoms with Gasteiger partial charge in [-0.05, 0) is 17.7 Å². The number of hydrogen-bond acceptors (Lipinski definition) is 1. The maximum atomic E-state index is 12.8. The topological polar surface area (TPSA) is 17.1 Å². The van der Waals surface area contributed by atoms with Crippen LogP contribution in [0.5, 0.6) is 0 Å². The molecule has 0 amide bonds. The summed E-state index contributed by atoms with van der Waals surface area (Å²) >= 11 is 0. The number of rotatable bonds is 2. The highest BCUT2D eigenvalue weighted by atomic mass is 19.4. The van der Waals surface area contributed by atoms with Gasteiger partial charge in [-0.25, -0.2) is 4.39 Å². The number of carbonyl (C=O) groups is 1. The van der Waals surface area contributed by atoms with Gasteiger partial charge in [0.2, 0.25) is 0 Å². The largest absolute Gasteiger partial charge is 0.416 e. The van der Waals surface area contributed by atoms with E-state index in [2.05, 4.69) is 6.58 Å². The van der Waals surface area contributed by atoms with E-state index in [0.29, 0.717) is 0 Å². The van der Waals surface area contributed by atoms with Gasteiger partial charge in [0.1, 0.15) is 5.82 Å². The summed E-state index contributed by atoms with van der Waals surface area (Å²) in [7, 11) is 0. The molecule has 1 nitrogen and oxygen atoms in total. The molecule has 0 bridgehead atoms. The van der Waals surface area contributed by atoms with Crippen LogP contribution in [0.1, 0.15) is 15.9 Å². The van der Waals surface area contributed by atoms with Crippen LogP contribution < -0.4 is 0 Å². The molecule has 0 aliphatic carbocycles. The van der Waals surface area contributed by atoms with Crippen molar-refractivity contribution in [3.63, 3.8) is 0 Å². The van der Waals surface area contributed by atoms with E-state index in [1.165, 1.54) is 0 Å². The minimum absolute atomic E-state index is 0.155. The van der Waals surface area contributed by atoms with Crippen LogP contribution in [0.2, 0.25) is 0 Å². The van der Waals surface area contributed by atoms with Crippen molar-refractivity contribution < 1.29 is 22.4 Å². The van der Waals surface area contributed by atoms with Crippen LogP contribution in [0.25, 0.3) is 5.57 Å². The van der Waals surface area contributed by atoms with Crippen LogP contribution in [-0.4, -0.2) is 12.5 Å². The van der Waals surface area contributed by atoms with E-state index in [0.717, 1.165) is 18.2 Å². The van der Waals surface area contributed by atoms with Gasteiger partial charge in [-0.15, -0.1) is 0 Å². The van der Waals surface area contributed by atoms with Crippen LogP contribution in [0.4, 0.5) is 17.6 Å². The SMILES string of the molecule is C=C(c1ccc(F)c(C=O)c1)C(F)(F)F. The fourth-order valence-electron chi connectivity index (χ4n) is 0.985. The van der Waals surface area contributed by atoms with Gasteiger partial charge in [-0.3, -0.25) is 4.79 Å². The third-order valence-corrected chi connectivity index (χ3v) is 1.81. The molecule has 15 heavy (non-hydrogen) atoms. The number of halogens is 4. The lowest BCUT2D eigenvalue weighted by Gasteiger charge is -2.10. The van der Waals surface area contributed by atoms with Crippen LogP contribution in [0, 0.1) is 5.82 Å². The van der Waals surface area contributed by atoms with Crippen molar-refractivity contribution >= 4 is 11.9 Å². The Morgan fingerprint density at radius 3 is 2.40 bits per heavy atom. The lowest BCUT2D eigenvalue weighted by molar-refractivity contribution is -0.0686. The monoisotopic (exact) mass is 218 g/mol. The van der Waals surface area contributed by atoms with Crippen LogP contribution in [0.3, 0.4) is 0 Å². The third-order valence-electron chi connectivity index (χ3n) is 1.81. The summed E-state index contributed by atoms with van der Waals surface area (Å²) in [5.41, 5.74) is -1.84. The Bertz CT molecular complexity index is 406. The van der Waals surface area contributed by atoms with E-state index >= 15 is 0 Å². The van der Waals surface area contributed by atoms with Crippen molar-refractivity contribution in [3.05, 3.63) is 41.7 Å². The summed E-state index contributed by atoms with van der Waals surface area (Å²) in [4.78, 5) is 10.3. The second kappa shape index (κ2) is 3.84. The molecule has 1 aromatic carbocycles. The first-order valence-corrected chi connectivity index (χ1v) is 3.87. The van der Waals surface area contributed by atoms with E-state index < -0.39 is 23.1 Å². The van der Waals surface area contributed by atoms with Gasteiger partial charge in [-0.2, -0.15) is 13.2 Å². The van der Waals surface area contributed by atoms with Crippen molar-refractivity contribution in [2.45, 2.75) is 6.18 Å². The van der Waals surface area contributed by atoms with E-state index in [9.17, 15) is 22.4 Å². The van der Waals surface area contributed by atoms with E-state index in [1.54, 1.807) is 0 Å². The molecule has 0 saturated heterocycles. The Hall–Kier alpha value is -1.65. The molecule has 0 spiro atoms. The Morgan fingerprint density at radius 2 is 1.93 bits per heavy atom. The van der Waals surface area contributed by atoms with Gasteiger partial charge in [0, 0.05) is 0 Å². The highest BCUT2D eigenvalue weighted by molar-refractivity contribution is 5.79. The molecule has 0 aliphatic rings. The zero-order valence-corrected chi connectivity index (χ0v) is 7.44. The van der Waals surface area contributed by atoms with Gasteiger partial charge < -0.3 is 0 Å². The molecular weight excluding hydrogens is 212 g/mol. The highest BCUT2D eigenvalue weighted by Gasteiger charge is 2.33. The molecule has 0 unspecified atom stereocenters. The molecule has 0 fully saturated rings. The summed E-state index contributed by atoms with van der Waals surface area (Å²) in [5, 5.41) is 0. The normalized spacial score (nSPS) is 11.2. The molecular formula is C10H6F4O. The average Bonchev–Trinajstić information content (AvgIpc) is 2.16. The van der Waals surface area contributed by atoms with Crippen LogP contribution in [0.15, 0.2) is 24.8 Å². The fraction of sp³-hybridized carbons (Fsp3) is 0.100. The quantitative estimate of drug-likeness (QED) is 0.550. The lowest BCUT2D eigenvalue weighted by Crippen LogP contribution is -2.09. The first kappa shape index (κ1) is 11.4. The Morgan fingerprint density at radius 1 is 1.33 bits per heavy atom. The molecule has 0 atom stereocenters. The molecule has 1 aromatic rings. The molecule has 80 valence electrons. The molecule has 0 heterocycles. The maximum Gasteiger partial charge on any atom is 0.416 e. The summed E-state index contributed by atoms with van der Waals surface area (Å²) in [6.45, 7) is 2.84. The van der Waals surface area contributed by atoms with Crippen LogP contribution >= 0.6 is 0 Å². The van der Waals surface area contributed by atoms with E-state index in [4.69, 9.17) is 0 Å². The summed E-state index contributed by atoms with van der Waals surface area (Å²) in [5.74, 6) is -0.858. The first-order valence-electron chi connectivity index (χ1n) is 3.87. The molecule has 0 aromatic heterocycles. The highest BCUT2D eigenvalue weighted by Crippen LogP contribution is 2.32. The number of allylic oxidation sites excluding steroid dienone is 1. The fourth-order valence-corrected chi connectivity index (χ4v) is 0.985. The summed E-state index contributed by atoms with van der Waals surface area (Å²) in [6, 6.07) is 2.55. The lowest BCUT2D eigenvalue weighted by atomic mass is 10.0. The van der Waals surface area contributed by atoms with Crippen molar-refractivity contribution in [2.24, 2.45) is 0 Å².